The van der Waals surface area contributed by atoms with Gasteiger partial charge in [-0.3, -0.25) is 9.78 Å². The fourth-order valence-electron chi connectivity index (χ4n) is 3.18. The number of carbonyl (C=O) groups excluding carboxylic acids is 1. The molecule has 102 valence electrons. The van der Waals surface area contributed by atoms with Crippen LogP contribution in [-0.4, -0.2) is 25.3 Å². The summed E-state index contributed by atoms with van der Waals surface area (Å²) in [5, 5.41) is 0. The molecule has 5 heteroatoms. The number of aryl methyl sites for hydroxylation is 1. The number of carbonyl (C=O) groups is 1. The van der Waals surface area contributed by atoms with Gasteiger partial charge in [-0.1, -0.05) is 6.07 Å². The summed E-state index contributed by atoms with van der Waals surface area (Å²) in [5.74, 6) is 1.42. The zero-order valence-electron chi connectivity index (χ0n) is 11.2. The van der Waals surface area contributed by atoms with Crippen molar-refractivity contribution in [1.82, 2.24) is 19.4 Å². The molecule has 1 amide bonds. The van der Waals surface area contributed by atoms with Gasteiger partial charge in [0.25, 0.3) is 0 Å². The predicted octanol–water partition coefficient (Wildman–Crippen LogP) is 1.38. The molecule has 0 aromatic carbocycles. The lowest BCUT2D eigenvalue weighted by molar-refractivity contribution is -0.137. The van der Waals surface area contributed by atoms with E-state index in [1.54, 1.807) is 6.20 Å². The molecule has 5 nitrogen and oxygen atoms in total. The van der Waals surface area contributed by atoms with Gasteiger partial charge < -0.3 is 9.47 Å². The highest BCUT2D eigenvalue weighted by atomic mass is 16.2. The van der Waals surface area contributed by atoms with Crippen LogP contribution in [0.5, 0.6) is 0 Å². The van der Waals surface area contributed by atoms with Crippen molar-refractivity contribution in [2.75, 3.05) is 0 Å². The van der Waals surface area contributed by atoms with Crippen molar-refractivity contribution in [2.45, 2.75) is 32.5 Å². The van der Waals surface area contributed by atoms with Gasteiger partial charge >= 0.3 is 0 Å². The molecule has 0 bridgehead atoms. The van der Waals surface area contributed by atoms with Gasteiger partial charge in [-0.2, -0.15) is 0 Å². The van der Waals surface area contributed by atoms with Gasteiger partial charge in [-0.05, 0) is 18.1 Å². The van der Waals surface area contributed by atoms with E-state index in [-0.39, 0.29) is 11.8 Å². The minimum Gasteiger partial charge on any atom is -0.334 e. The van der Waals surface area contributed by atoms with Crippen molar-refractivity contribution in [3.63, 3.8) is 0 Å². The molecule has 0 fully saturated rings. The van der Waals surface area contributed by atoms with E-state index in [1.807, 2.05) is 23.4 Å². The first-order valence-corrected chi connectivity index (χ1v) is 7.03. The third-order valence-corrected chi connectivity index (χ3v) is 4.28. The van der Waals surface area contributed by atoms with E-state index in [9.17, 15) is 4.79 Å². The average molecular weight is 268 g/mol. The van der Waals surface area contributed by atoms with Crippen molar-refractivity contribution >= 4 is 5.91 Å². The Hall–Kier alpha value is -2.17. The normalized spacial score (nSPS) is 20.6. The first-order valence-electron chi connectivity index (χ1n) is 7.03. The Kier molecular flexibility index (Phi) is 2.58. The van der Waals surface area contributed by atoms with Crippen LogP contribution in [0.25, 0.3) is 0 Å². The number of amides is 1. The largest absolute Gasteiger partial charge is 0.334 e. The number of imidazole rings is 1. The van der Waals surface area contributed by atoms with Gasteiger partial charge in [0.2, 0.25) is 5.91 Å². The molecule has 0 N–H and O–H groups in total. The summed E-state index contributed by atoms with van der Waals surface area (Å²) in [4.78, 5) is 23.3. The van der Waals surface area contributed by atoms with Crippen LogP contribution >= 0.6 is 0 Å². The molecular weight excluding hydrogens is 252 g/mol. The first-order chi connectivity index (χ1) is 9.81. The van der Waals surface area contributed by atoms with Crippen LogP contribution < -0.4 is 0 Å². The fraction of sp³-hybridized carbons (Fsp3) is 0.400. The standard InChI is InChI=1S/C15H16N4O/c20-15(12-3-4-14-17-6-7-18(14)9-12)19-8-11-2-1-5-16-13(11)10-19/h1-2,5-7,12H,3-4,8-10H2/t12-/m0/s1. The third-order valence-electron chi connectivity index (χ3n) is 4.28. The van der Waals surface area contributed by atoms with E-state index in [1.165, 1.54) is 5.56 Å². The highest BCUT2D eigenvalue weighted by molar-refractivity contribution is 5.79. The number of hydrogen-bond donors (Lipinski definition) is 0. The summed E-state index contributed by atoms with van der Waals surface area (Å²) in [6.07, 6.45) is 7.37. The second kappa shape index (κ2) is 4.44. The Balaban J connectivity index is 1.50. The van der Waals surface area contributed by atoms with Crippen molar-refractivity contribution in [1.29, 1.82) is 0 Å². The summed E-state index contributed by atoms with van der Waals surface area (Å²) in [7, 11) is 0. The Morgan fingerprint density at radius 1 is 1.25 bits per heavy atom. The molecule has 1 atom stereocenters. The van der Waals surface area contributed by atoms with Crippen LogP contribution in [0.3, 0.4) is 0 Å². The molecule has 0 unspecified atom stereocenters. The van der Waals surface area contributed by atoms with Crippen LogP contribution in [0.2, 0.25) is 0 Å². The first kappa shape index (κ1) is 11.6. The highest BCUT2D eigenvalue weighted by Gasteiger charge is 2.32. The molecule has 0 radical (unpaired) electrons. The lowest BCUT2D eigenvalue weighted by Gasteiger charge is -2.27. The predicted molar refractivity (Wildman–Crippen MR) is 72.5 cm³/mol. The zero-order valence-corrected chi connectivity index (χ0v) is 11.2. The van der Waals surface area contributed by atoms with Gasteiger partial charge in [0.15, 0.2) is 0 Å². The smallest absolute Gasteiger partial charge is 0.228 e. The maximum atomic E-state index is 12.7. The van der Waals surface area contributed by atoms with E-state index in [0.717, 1.165) is 30.9 Å². The monoisotopic (exact) mass is 268 g/mol. The average Bonchev–Trinajstić information content (AvgIpc) is 3.11. The highest BCUT2D eigenvalue weighted by Crippen LogP contribution is 2.26. The van der Waals surface area contributed by atoms with Crippen LogP contribution in [-0.2, 0) is 30.8 Å². The van der Waals surface area contributed by atoms with E-state index in [0.29, 0.717) is 13.1 Å². The van der Waals surface area contributed by atoms with Crippen molar-refractivity contribution in [3.8, 4) is 0 Å². The fourth-order valence-corrected chi connectivity index (χ4v) is 3.18. The number of hydrogen-bond acceptors (Lipinski definition) is 3. The molecule has 0 saturated carbocycles. The molecule has 2 aliphatic rings. The Morgan fingerprint density at radius 3 is 3.10 bits per heavy atom. The van der Waals surface area contributed by atoms with Gasteiger partial charge in [0, 0.05) is 38.1 Å². The van der Waals surface area contributed by atoms with Crippen LogP contribution in [0.4, 0.5) is 0 Å². The maximum absolute atomic E-state index is 12.7. The number of aromatic nitrogens is 3. The summed E-state index contributed by atoms with van der Waals surface area (Å²) in [5.41, 5.74) is 2.22. The zero-order chi connectivity index (χ0) is 13.5. The lowest BCUT2D eigenvalue weighted by atomic mass is 9.98. The van der Waals surface area contributed by atoms with Crippen LogP contribution in [0.15, 0.2) is 30.7 Å². The summed E-state index contributed by atoms with van der Waals surface area (Å²) in [6.45, 7) is 2.12. The second-order valence-electron chi connectivity index (χ2n) is 5.53. The topological polar surface area (TPSA) is 51.0 Å². The van der Waals surface area contributed by atoms with Crippen molar-refractivity contribution < 1.29 is 4.79 Å². The van der Waals surface area contributed by atoms with Crippen LogP contribution in [0.1, 0.15) is 23.5 Å². The molecule has 0 aliphatic carbocycles. The Labute approximate surface area is 117 Å². The minimum atomic E-state index is 0.0750. The van der Waals surface area contributed by atoms with Crippen molar-refractivity contribution in [3.05, 3.63) is 47.8 Å². The maximum Gasteiger partial charge on any atom is 0.228 e. The number of nitrogens with zero attached hydrogens (tertiary/aromatic N) is 4. The molecule has 4 heterocycles. The van der Waals surface area contributed by atoms with E-state index < -0.39 is 0 Å². The quantitative estimate of drug-likeness (QED) is 0.785. The second-order valence-corrected chi connectivity index (χ2v) is 5.53. The molecule has 0 spiro atoms. The molecule has 2 aromatic rings. The third kappa shape index (κ3) is 1.81. The molecule has 20 heavy (non-hydrogen) atoms. The Bertz CT molecular complexity index is 634. The SMILES string of the molecule is O=C([C@H]1CCc2nccn2C1)N1Cc2cccnc2C1. The number of fused-ring (bicyclic) bond motifs is 2. The number of pyridine rings is 1. The molecular formula is C15H16N4O. The summed E-state index contributed by atoms with van der Waals surface area (Å²) in [6, 6.07) is 4.00. The van der Waals surface area contributed by atoms with E-state index >= 15 is 0 Å². The van der Waals surface area contributed by atoms with Gasteiger partial charge in [-0.25, -0.2) is 4.98 Å². The summed E-state index contributed by atoms with van der Waals surface area (Å²) >= 11 is 0. The van der Waals surface area contributed by atoms with Gasteiger partial charge in [-0.15, -0.1) is 0 Å². The Morgan fingerprint density at radius 2 is 2.20 bits per heavy atom. The molecule has 0 saturated heterocycles. The summed E-state index contributed by atoms with van der Waals surface area (Å²) < 4.78 is 2.10. The van der Waals surface area contributed by atoms with E-state index in [2.05, 4.69) is 20.6 Å². The molecule has 4 rings (SSSR count). The lowest BCUT2D eigenvalue weighted by Crippen LogP contribution is -2.36. The molecule has 2 aliphatic heterocycles. The van der Waals surface area contributed by atoms with E-state index in [4.69, 9.17) is 0 Å². The van der Waals surface area contributed by atoms with Crippen LogP contribution in [0, 0.1) is 5.92 Å². The molecule has 2 aromatic heterocycles. The number of rotatable bonds is 1. The van der Waals surface area contributed by atoms with Gasteiger partial charge in [0.05, 0.1) is 18.2 Å². The van der Waals surface area contributed by atoms with Gasteiger partial charge in [0.1, 0.15) is 5.82 Å². The van der Waals surface area contributed by atoms with Crippen molar-refractivity contribution in [2.24, 2.45) is 5.92 Å². The minimum absolute atomic E-state index is 0.0750.